The molecular weight excluding hydrogens is 392 g/mol. The molecule has 0 bridgehead atoms. The Bertz CT molecular complexity index is 1210. The average Bonchev–Trinajstić information content (AvgIpc) is 2.74. The molecule has 144 valence electrons. The number of nitrogens with zero attached hydrogens (tertiary/aromatic N) is 3. The molecule has 0 radical (unpaired) electrons. The Morgan fingerprint density at radius 3 is 2.52 bits per heavy atom. The van der Waals surface area contributed by atoms with Gasteiger partial charge in [-0.05, 0) is 42.5 Å². The van der Waals surface area contributed by atoms with Gasteiger partial charge >= 0.3 is 0 Å². The van der Waals surface area contributed by atoms with Crippen LogP contribution >= 0.6 is 11.6 Å². The summed E-state index contributed by atoms with van der Waals surface area (Å²) in [5.41, 5.74) is 2.08. The lowest BCUT2D eigenvalue weighted by Crippen LogP contribution is -2.01. The predicted octanol–water partition coefficient (Wildman–Crippen LogP) is 5.61. The van der Waals surface area contributed by atoms with E-state index in [0.29, 0.717) is 33.7 Å². The van der Waals surface area contributed by atoms with Crippen molar-refractivity contribution in [2.75, 3.05) is 12.4 Å². The normalized spacial score (nSPS) is 10.7. The van der Waals surface area contributed by atoms with Gasteiger partial charge in [0, 0.05) is 28.1 Å². The van der Waals surface area contributed by atoms with Crippen LogP contribution in [-0.2, 0) is 0 Å². The first-order valence-electron chi connectivity index (χ1n) is 8.67. The van der Waals surface area contributed by atoms with Crippen LogP contribution in [0.25, 0.3) is 22.3 Å². The van der Waals surface area contributed by atoms with E-state index >= 15 is 0 Å². The van der Waals surface area contributed by atoms with Gasteiger partial charge in [0.05, 0.1) is 23.2 Å². The van der Waals surface area contributed by atoms with Crippen molar-refractivity contribution >= 4 is 39.7 Å². The van der Waals surface area contributed by atoms with Gasteiger partial charge in [0.1, 0.15) is 11.6 Å². The molecule has 1 heterocycles. The fourth-order valence-electron chi connectivity index (χ4n) is 2.94. The van der Waals surface area contributed by atoms with Crippen LogP contribution in [0.2, 0.25) is 5.02 Å². The first-order chi connectivity index (χ1) is 14.0. The molecule has 0 fully saturated rings. The van der Waals surface area contributed by atoms with Gasteiger partial charge in [0.25, 0.3) is 5.69 Å². The number of rotatable bonds is 5. The zero-order chi connectivity index (χ0) is 20.4. The first kappa shape index (κ1) is 18.6. The number of ether oxygens (including phenoxy) is 1. The lowest BCUT2D eigenvalue weighted by atomic mass is 10.1. The van der Waals surface area contributed by atoms with Crippen LogP contribution in [0.4, 0.5) is 17.2 Å². The van der Waals surface area contributed by atoms with Gasteiger partial charge < -0.3 is 10.1 Å². The molecule has 0 unspecified atom stereocenters. The van der Waals surface area contributed by atoms with Gasteiger partial charge in [0.2, 0.25) is 0 Å². The summed E-state index contributed by atoms with van der Waals surface area (Å²) >= 11 is 6.14. The van der Waals surface area contributed by atoms with Gasteiger partial charge in [-0.25, -0.2) is 9.97 Å². The molecular formula is C21H15ClN4O3. The number of para-hydroxylation sites is 1. The third kappa shape index (κ3) is 3.81. The molecule has 0 saturated heterocycles. The highest BCUT2D eigenvalue weighted by Crippen LogP contribution is 2.33. The Hall–Kier alpha value is -3.71. The molecule has 29 heavy (non-hydrogen) atoms. The molecule has 4 rings (SSSR count). The second-order valence-electron chi connectivity index (χ2n) is 6.19. The van der Waals surface area contributed by atoms with E-state index in [2.05, 4.69) is 15.3 Å². The minimum atomic E-state index is -0.441. The number of anilines is 2. The molecule has 0 spiro atoms. The van der Waals surface area contributed by atoms with Crippen LogP contribution in [-0.4, -0.2) is 22.0 Å². The summed E-state index contributed by atoms with van der Waals surface area (Å²) in [7, 11) is 1.58. The van der Waals surface area contributed by atoms with Crippen molar-refractivity contribution < 1.29 is 9.66 Å². The Balaban J connectivity index is 1.83. The maximum absolute atomic E-state index is 10.9. The third-order valence-corrected chi connectivity index (χ3v) is 4.59. The van der Waals surface area contributed by atoms with E-state index in [4.69, 9.17) is 16.3 Å². The highest BCUT2D eigenvalue weighted by atomic mass is 35.5. The standard InChI is InChI=1S/C21H15ClN4O3/c1-29-19-11-8-14(22)12-18(19)24-21-16-4-2-3-5-17(16)23-20(25-21)13-6-9-15(10-7-13)26(27)28/h2-12H,1H3,(H,23,24,25). The largest absolute Gasteiger partial charge is 0.495 e. The molecule has 0 aliphatic rings. The number of benzene rings is 3. The number of aromatic nitrogens is 2. The molecule has 8 heteroatoms. The van der Waals surface area contributed by atoms with Crippen LogP contribution < -0.4 is 10.1 Å². The van der Waals surface area contributed by atoms with E-state index in [9.17, 15) is 10.1 Å². The summed E-state index contributed by atoms with van der Waals surface area (Å²) in [6.07, 6.45) is 0. The van der Waals surface area contributed by atoms with Crippen LogP contribution in [0.3, 0.4) is 0 Å². The number of methoxy groups -OCH3 is 1. The van der Waals surface area contributed by atoms with Crippen LogP contribution in [0, 0.1) is 10.1 Å². The average molecular weight is 407 g/mol. The molecule has 4 aromatic rings. The van der Waals surface area contributed by atoms with E-state index < -0.39 is 4.92 Å². The van der Waals surface area contributed by atoms with Crippen LogP contribution in [0.15, 0.2) is 66.7 Å². The third-order valence-electron chi connectivity index (χ3n) is 4.35. The van der Waals surface area contributed by atoms with E-state index in [1.165, 1.54) is 12.1 Å². The smallest absolute Gasteiger partial charge is 0.269 e. The maximum atomic E-state index is 10.9. The lowest BCUT2D eigenvalue weighted by Gasteiger charge is -2.14. The van der Waals surface area contributed by atoms with E-state index in [1.807, 2.05) is 24.3 Å². The SMILES string of the molecule is COc1ccc(Cl)cc1Nc1nc(-c2ccc([N+](=O)[O-])cc2)nc2ccccc12. The van der Waals surface area contributed by atoms with E-state index in [0.717, 1.165) is 10.9 Å². The Labute approximate surface area is 171 Å². The second-order valence-corrected chi connectivity index (χ2v) is 6.62. The van der Waals surface area contributed by atoms with Gasteiger partial charge in [0.15, 0.2) is 5.82 Å². The zero-order valence-electron chi connectivity index (χ0n) is 15.3. The Kier molecular flexibility index (Phi) is 4.97. The number of nitro groups is 1. The molecule has 7 nitrogen and oxygen atoms in total. The van der Waals surface area contributed by atoms with Crippen LogP contribution in [0.5, 0.6) is 5.75 Å². The summed E-state index contributed by atoms with van der Waals surface area (Å²) in [4.78, 5) is 19.7. The molecule has 0 aliphatic carbocycles. The summed E-state index contributed by atoms with van der Waals surface area (Å²) in [6, 6.07) is 19.0. The molecule has 0 saturated carbocycles. The van der Waals surface area contributed by atoms with Crippen molar-refractivity contribution in [2.45, 2.75) is 0 Å². The lowest BCUT2D eigenvalue weighted by molar-refractivity contribution is -0.384. The van der Waals surface area contributed by atoms with Crippen molar-refractivity contribution in [3.05, 3.63) is 81.9 Å². The molecule has 1 aromatic heterocycles. The van der Waals surface area contributed by atoms with Crippen LogP contribution in [0.1, 0.15) is 0 Å². The fraction of sp³-hybridized carbons (Fsp3) is 0.0476. The Morgan fingerprint density at radius 1 is 1.03 bits per heavy atom. The number of fused-ring (bicyclic) bond motifs is 1. The first-order valence-corrected chi connectivity index (χ1v) is 9.05. The molecule has 0 amide bonds. The van der Waals surface area contributed by atoms with E-state index in [-0.39, 0.29) is 5.69 Å². The van der Waals surface area contributed by atoms with Crippen molar-refractivity contribution in [3.63, 3.8) is 0 Å². The summed E-state index contributed by atoms with van der Waals surface area (Å²) < 4.78 is 5.41. The number of hydrogen-bond acceptors (Lipinski definition) is 6. The van der Waals surface area contributed by atoms with Crippen molar-refractivity contribution in [1.29, 1.82) is 0 Å². The van der Waals surface area contributed by atoms with Crippen molar-refractivity contribution in [2.24, 2.45) is 0 Å². The van der Waals surface area contributed by atoms with Gasteiger partial charge in [-0.15, -0.1) is 0 Å². The van der Waals surface area contributed by atoms with Crippen molar-refractivity contribution in [1.82, 2.24) is 9.97 Å². The van der Waals surface area contributed by atoms with Gasteiger partial charge in [-0.1, -0.05) is 23.7 Å². The quantitative estimate of drug-likeness (QED) is 0.342. The second kappa shape index (κ2) is 7.73. The Morgan fingerprint density at radius 2 is 1.79 bits per heavy atom. The van der Waals surface area contributed by atoms with E-state index in [1.54, 1.807) is 37.4 Å². The number of nitrogens with one attached hydrogen (secondary N) is 1. The topological polar surface area (TPSA) is 90.2 Å². The molecule has 0 atom stereocenters. The maximum Gasteiger partial charge on any atom is 0.269 e. The van der Waals surface area contributed by atoms with Gasteiger partial charge in [-0.2, -0.15) is 0 Å². The summed E-state index contributed by atoms with van der Waals surface area (Å²) in [6.45, 7) is 0. The minimum absolute atomic E-state index is 0.0107. The molecule has 1 N–H and O–H groups in total. The highest BCUT2D eigenvalue weighted by molar-refractivity contribution is 6.31. The number of nitro benzene ring substituents is 1. The summed E-state index contributed by atoms with van der Waals surface area (Å²) in [5, 5.41) is 15.6. The summed E-state index contributed by atoms with van der Waals surface area (Å²) in [5.74, 6) is 1.64. The number of non-ortho nitro benzene ring substituents is 1. The molecule has 0 aliphatic heterocycles. The highest BCUT2D eigenvalue weighted by Gasteiger charge is 2.13. The van der Waals surface area contributed by atoms with Crippen molar-refractivity contribution in [3.8, 4) is 17.1 Å². The van der Waals surface area contributed by atoms with Gasteiger partial charge in [-0.3, -0.25) is 10.1 Å². The zero-order valence-corrected chi connectivity index (χ0v) is 16.1. The number of hydrogen-bond donors (Lipinski definition) is 1. The monoisotopic (exact) mass is 406 g/mol. The minimum Gasteiger partial charge on any atom is -0.495 e. The predicted molar refractivity (Wildman–Crippen MR) is 113 cm³/mol. The molecule has 3 aromatic carbocycles. The fourth-order valence-corrected chi connectivity index (χ4v) is 3.11. The number of halogens is 1.